The summed E-state index contributed by atoms with van der Waals surface area (Å²) in [6, 6.07) is 0. The maximum Gasteiger partial charge on any atom is 0.310 e. The second-order valence-electron chi connectivity index (χ2n) is 5.64. The van der Waals surface area contributed by atoms with Crippen molar-refractivity contribution in [1.82, 2.24) is 0 Å². The van der Waals surface area contributed by atoms with Gasteiger partial charge in [-0.1, -0.05) is 26.7 Å². The van der Waals surface area contributed by atoms with Crippen molar-refractivity contribution in [2.45, 2.75) is 59.5 Å². The van der Waals surface area contributed by atoms with Crippen LogP contribution in [0.2, 0.25) is 0 Å². The molecule has 3 atom stereocenters. The molecule has 0 aromatic rings. The van der Waals surface area contributed by atoms with Gasteiger partial charge in [0.15, 0.2) is 0 Å². The lowest BCUT2D eigenvalue weighted by molar-refractivity contribution is -0.166. The Kier molecular flexibility index (Phi) is 6.32. The second-order valence-corrected chi connectivity index (χ2v) is 5.64. The lowest BCUT2D eigenvalue weighted by Gasteiger charge is -2.29. The molecule has 0 N–H and O–H groups in total. The van der Waals surface area contributed by atoms with E-state index in [1.165, 1.54) is 0 Å². The quantitative estimate of drug-likeness (QED) is 0.721. The first-order valence-corrected chi connectivity index (χ1v) is 7.34. The van der Waals surface area contributed by atoms with Crippen LogP contribution >= 0.6 is 0 Å². The summed E-state index contributed by atoms with van der Waals surface area (Å²) in [6.45, 7) is 8.07. The van der Waals surface area contributed by atoms with Gasteiger partial charge in [-0.3, -0.25) is 9.59 Å². The SMILES string of the molecule is CCOC(=O)C1CCCCC1C(=O)OC(C)C(C)C. The Balaban J connectivity index is 2.65. The summed E-state index contributed by atoms with van der Waals surface area (Å²) < 4.78 is 10.5. The largest absolute Gasteiger partial charge is 0.466 e. The zero-order valence-corrected chi connectivity index (χ0v) is 12.5. The molecular weight excluding hydrogens is 244 g/mol. The van der Waals surface area contributed by atoms with Gasteiger partial charge in [-0.15, -0.1) is 0 Å². The van der Waals surface area contributed by atoms with Crippen molar-refractivity contribution in [1.29, 1.82) is 0 Å². The molecule has 0 amide bonds. The molecule has 1 aliphatic carbocycles. The number of carbonyl (C=O) groups excluding carboxylic acids is 2. The molecule has 0 saturated heterocycles. The topological polar surface area (TPSA) is 52.6 Å². The first kappa shape index (κ1) is 16.0. The van der Waals surface area contributed by atoms with Crippen LogP contribution in [0.5, 0.6) is 0 Å². The number of esters is 2. The van der Waals surface area contributed by atoms with E-state index in [1.54, 1.807) is 6.92 Å². The van der Waals surface area contributed by atoms with E-state index < -0.39 is 0 Å². The van der Waals surface area contributed by atoms with Gasteiger partial charge in [-0.2, -0.15) is 0 Å². The maximum atomic E-state index is 12.2. The van der Waals surface area contributed by atoms with Crippen LogP contribution in [0.3, 0.4) is 0 Å². The Hall–Kier alpha value is -1.06. The van der Waals surface area contributed by atoms with Gasteiger partial charge >= 0.3 is 11.9 Å². The average Bonchev–Trinajstić information content (AvgIpc) is 2.38. The van der Waals surface area contributed by atoms with Gasteiger partial charge in [-0.25, -0.2) is 0 Å². The van der Waals surface area contributed by atoms with Gasteiger partial charge in [0.25, 0.3) is 0 Å². The molecule has 0 radical (unpaired) electrons. The zero-order chi connectivity index (χ0) is 14.4. The minimum absolute atomic E-state index is 0.114. The Morgan fingerprint density at radius 3 is 2.05 bits per heavy atom. The predicted octanol–water partition coefficient (Wildman–Crippen LogP) is 2.94. The van der Waals surface area contributed by atoms with Crippen molar-refractivity contribution in [3.63, 3.8) is 0 Å². The molecule has 1 saturated carbocycles. The molecule has 4 nitrogen and oxygen atoms in total. The van der Waals surface area contributed by atoms with E-state index in [1.807, 2.05) is 20.8 Å². The highest BCUT2D eigenvalue weighted by atomic mass is 16.5. The Morgan fingerprint density at radius 1 is 1.05 bits per heavy atom. The highest BCUT2D eigenvalue weighted by molar-refractivity contribution is 5.82. The summed E-state index contributed by atoms with van der Waals surface area (Å²) in [4.78, 5) is 24.1. The minimum atomic E-state index is -0.325. The van der Waals surface area contributed by atoms with Gasteiger partial charge < -0.3 is 9.47 Å². The molecule has 0 spiro atoms. The Bertz CT molecular complexity index is 311. The van der Waals surface area contributed by atoms with E-state index in [2.05, 4.69) is 0 Å². The molecule has 0 bridgehead atoms. The predicted molar refractivity (Wildman–Crippen MR) is 72.5 cm³/mol. The smallest absolute Gasteiger partial charge is 0.310 e. The second kappa shape index (κ2) is 7.51. The van der Waals surface area contributed by atoms with Gasteiger partial charge in [0.05, 0.1) is 18.4 Å². The third-order valence-corrected chi connectivity index (χ3v) is 3.90. The van der Waals surface area contributed by atoms with E-state index in [0.29, 0.717) is 6.61 Å². The van der Waals surface area contributed by atoms with Crippen molar-refractivity contribution in [3.05, 3.63) is 0 Å². The minimum Gasteiger partial charge on any atom is -0.466 e. The molecule has 4 heteroatoms. The maximum absolute atomic E-state index is 12.2. The van der Waals surface area contributed by atoms with Gasteiger partial charge in [0.1, 0.15) is 6.10 Å². The third kappa shape index (κ3) is 4.51. The van der Waals surface area contributed by atoms with Crippen LogP contribution in [0.25, 0.3) is 0 Å². The molecule has 0 aliphatic heterocycles. The standard InChI is InChI=1S/C15H26O4/c1-5-18-14(16)12-8-6-7-9-13(12)15(17)19-11(4)10(2)3/h10-13H,5-9H2,1-4H3. The van der Waals surface area contributed by atoms with Gasteiger partial charge in [0, 0.05) is 0 Å². The summed E-state index contributed by atoms with van der Waals surface area (Å²) in [5.41, 5.74) is 0. The van der Waals surface area contributed by atoms with Crippen LogP contribution in [0.4, 0.5) is 0 Å². The molecule has 1 fully saturated rings. The molecule has 1 rings (SSSR count). The summed E-state index contributed by atoms with van der Waals surface area (Å²) in [5, 5.41) is 0. The number of ether oxygens (including phenoxy) is 2. The van der Waals surface area contributed by atoms with E-state index in [9.17, 15) is 9.59 Å². The summed E-state index contributed by atoms with van der Waals surface area (Å²) in [5.74, 6) is -0.844. The number of rotatable bonds is 5. The molecule has 19 heavy (non-hydrogen) atoms. The van der Waals surface area contributed by atoms with E-state index in [0.717, 1.165) is 25.7 Å². The first-order chi connectivity index (χ1) is 8.97. The van der Waals surface area contributed by atoms with Crippen molar-refractivity contribution < 1.29 is 19.1 Å². The van der Waals surface area contributed by atoms with Crippen molar-refractivity contribution in [2.24, 2.45) is 17.8 Å². The van der Waals surface area contributed by atoms with Crippen LogP contribution in [0.15, 0.2) is 0 Å². The first-order valence-electron chi connectivity index (χ1n) is 7.34. The molecule has 3 unspecified atom stereocenters. The van der Waals surface area contributed by atoms with E-state index >= 15 is 0 Å². The van der Waals surface area contributed by atoms with Crippen LogP contribution in [0, 0.1) is 17.8 Å². The lowest BCUT2D eigenvalue weighted by atomic mass is 9.79. The number of hydrogen-bond acceptors (Lipinski definition) is 4. The van der Waals surface area contributed by atoms with E-state index in [-0.39, 0.29) is 35.8 Å². The fourth-order valence-electron chi connectivity index (χ4n) is 2.35. The van der Waals surface area contributed by atoms with Crippen LogP contribution in [-0.4, -0.2) is 24.6 Å². The lowest BCUT2D eigenvalue weighted by Crippen LogP contribution is -2.36. The molecular formula is C15H26O4. The number of hydrogen-bond donors (Lipinski definition) is 0. The Morgan fingerprint density at radius 2 is 1.58 bits per heavy atom. The van der Waals surface area contributed by atoms with Crippen LogP contribution in [0.1, 0.15) is 53.4 Å². The summed E-state index contributed by atoms with van der Waals surface area (Å²) in [6.07, 6.45) is 3.30. The molecule has 0 aromatic carbocycles. The highest BCUT2D eigenvalue weighted by Crippen LogP contribution is 2.32. The molecule has 1 aliphatic rings. The Labute approximate surface area is 115 Å². The van der Waals surface area contributed by atoms with Gasteiger partial charge in [-0.05, 0) is 32.6 Å². The highest BCUT2D eigenvalue weighted by Gasteiger charge is 2.38. The fourth-order valence-corrected chi connectivity index (χ4v) is 2.35. The summed E-state index contributed by atoms with van der Waals surface area (Å²) >= 11 is 0. The summed E-state index contributed by atoms with van der Waals surface area (Å²) in [7, 11) is 0. The third-order valence-electron chi connectivity index (χ3n) is 3.90. The molecule has 0 heterocycles. The van der Waals surface area contributed by atoms with Crippen molar-refractivity contribution in [3.8, 4) is 0 Å². The zero-order valence-electron chi connectivity index (χ0n) is 12.5. The van der Waals surface area contributed by atoms with E-state index in [4.69, 9.17) is 9.47 Å². The van der Waals surface area contributed by atoms with Crippen molar-refractivity contribution in [2.75, 3.05) is 6.61 Å². The molecule has 110 valence electrons. The fraction of sp³-hybridized carbons (Fsp3) is 0.867. The van der Waals surface area contributed by atoms with Crippen molar-refractivity contribution >= 4 is 11.9 Å². The van der Waals surface area contributed by atoms with Crippen LogP contribution < -0.4 is 0 Å². The number of carbonyl (C=O) groups is 2. The monoisotopic (exact) mass is 270 g/mol. The van der Waals surface area contributed by atoms with Gasteiger partial charge in [0.2, 0.25) is 0 Å². The molecule has 0 aromatic heterocycles. The normalized spacial score (nSPS) is 24.9. The van der Waals surface area contributed by atoms with Crippen LogP contribution in [-0.2, 0) is 19.1 Å². The average molecular weight is 270 g/mol.